The van der Waals surface area contributed by atoms with Gasteiger partial charge in [-0.2, -0.15) is 0 Å². The van der Waals surface area contributed by atoms with Gasteiger partial charge in [0, 0.05) is 23.8 Å². The fourth-order valence-electron chi connectivity index (χ4n) is 5.96. The van der Waals surface area contributed by atoms with Gasteiger partial charge in [0.25, 0.3) is 11.8 Å². The van der Waals surface area contributed by atoms with E-state index in [0.717, 1.165) is 35.1 Å². The van der Waals surface area contributed by atoms with E-state index in [4.69, 9.17) is 10.9 Å². The number of carbonyl (C=O) groups is 3. The van der Waals surface area contributed by atoms with E-state index in [-0.39, 0.29) is 12.5 Å². The standard InChI is InChI=1S/C28H37N5O4/c1-16-22-12-20(28(22,2)3)13-23(16)30-15-25(34)31-21-10-8-18(9-11-21)17-4-6-19(7-5-17)26(35)32-24(14-29)27(36)33-37/h4-11,16,20,22-24,30,37H,12-15,29H2,1-3H3,(H,31,34)(H,32,35)(H,33,36)/t16-,20?,22-,23-,24-/m0/s1. The van der Waals surface area contributed by atoms with E-state index in [1.54, 1.807) is 24.3 Å². The molecular formula is C28H37N5O4. The molecule has 0 saturated heterocycles. The van der Waals surface area contributed by atoms with Crippen molar-refractivity contribution in [2.75, 3.05) is 18.4 Å². The predicted octanol–water partition coefficient (Wildman–Crippen LogP) is 2.51. The molecule has 3 saturated carbocycles. The van der Waals surface area contributed by atoms with E-state index in [1.807, 2.05) is 24.3 Å². The summed E-state index contributed by atoms with van der Waals surface area (Å²) in [7, 11) is 0. The number of carbonyl (C=O) groups excluding carboxylic acids is 3. The van der Waals surface area contributed by atoms with Crippen LogP contribution in [0.2, 0.25) is 0 Å². The van der Waals surface area contributed by atoms with Crippen LogP contribution in [-0.2, 0) is 9.59 Å². The molecule has 2 bridgehead atoms. The average molecular weight is 508 g/mol. The van der Waals surface area contributed by atoms with Crippen LogP contribution in [0.25, 0.3) is 11.1 Å². The Bertz CT molecular complexity index is 1130. The Balaban J connectivity index is 1.28. The summed E-state index contributed by atoms with van der Waals surface area (Å²) in [6.45, 7) is 7.21. The molecule has 2 aromatic rings. The van der Waals surface area contributed by atoms with Crippen molar-refractivity contribution < 1.29 is 19.6 Å². The van der Waals surface area contributed by atoms with Gasteiger partial charge in [-0.05, 0) is 71.4 Å². The van der Waals surface area contributed by atoms with Crippen molar-refractivity contribution in [1.82, 2.24) is 16.1 Å². The molecule has 3 aliphatic rings. The highest BCUT2D eigenvalue weighted by Gasteiger charge is 2.56. The van der Waals surface area contributed by atoms with Crippen LogP contribution in [0.15, 0.2) is 48.5 Å². The molecule has 9 heteroatoms. The topological polar surface area (TPSA) is 146 Å². The number of rotatable bonds is 9. The minimum atomic E-state index is -1.03. The lowest BCUT2D eigenvalue weighted by Gasteiger charge is -2.62. The summed E-state index contributed by atoms with van der Waals surface area (Å²) in [5.74, 6) is 0.755. The number of benzene rings is 2. The maximum Gasteiger partial charge on any atom is 0.267 e. The van der Waals surface area contributed by atoms with E-state index in [2.05, 4.69) is 36.7 Å². The number of hydroxylamine groups is 1. The third-order valence-electron chi connectivity index (χ3n) is 8.50. The van der Waals surface area contributed by atoms with Crippen molar-refractivity contribution in [2.45, 2.75) is 45.7 Å². The fraction of sp³-hybridized carbons (Fsp3) is 0.464. The van der Waals surface area contributed by atoms with Gasteiger partial charge in [0.1, 0.15) is 6.04 Å². The third-order valence-corrected chi connectivity index (χ3v) is 8.50. The summed E-state index contributed by atoms with van der Waals surface area (Å²) in [6, 6.07) is 13.8. The molecule has 5 rings (SSSR count). The first-order chi connectivity index (χ1) is 17.6. The number of nitrogens with one attached hydrogen (secondary N) is 4. The molecule has 5 atom stereocenters. The summed E-state index contributed by atoms with van der Waals surface area (Å²) in [6.07, 6.45) is 2.46. The van der Waals surface area contributed by atoms with E-state index < -0.39 is 17.9 Å². The monoisotopic (exact) mass is 507 g/mol. The largest absolute Gasteiger partial charge is 0.339 e. The summed E-state index contributed by atoms with van der Waals surface area (Å²) in [5.41, 5.74) is 10.3. The van der Waals surface area contributed by atoms with Crippen molar-refractivity contribution in [3.8, 4) is 11.1 Å². The maximum atomic E-state index is 12.5. The molecule has 0 aliphatic heterocycles. The van der Waals surface area contributed by atoms with Crippen LogP contribution in [0, 0.1) is 23.2 Å². The normalized spacial score (nSPS) is 24.4. The molecule has 2 aromatic carbocycles. The molecule has 3 aliphatic carbocycles. The van der Waals surface area contributed by atoms with Gasteiger partial charge in [-0.3, -0.25) is 19.6 Å². The lowest BCUT2D eigenvalue weighted by molar-refractivity contribution is -0.130. The first kappa shape index (κ1) is 26.8. The third kappa shape index (κ3) is 5.69. The van der Waals surface area contributed by atoms with E-state index in [9.17, 15) is 14.4 Å². The van der Waals surface area contributed by atoms with Gasteiger partial charge in [-0.25, -0.2) is 5.48 Å². The van der Waals surface area contributed by atoms with Gasteiger partial charge in [-0.1, -0.05) is 45.0 Å². The molecule has 1 unspecified atom stereocenters. The predicted molar refractivity (Wildman–Crippen MR) is 142 cm³/mol. The van der Waals surface area contributed by atoms with Gasteiger partial charge in [0.15, 0.2) is 0 Å². The Labute approximate surface area is 217 Å². The zero-order valence-electron chi connectivity index (χ0n) is 21.6. The summed E-state index contributed by atoms with van der Waals surface area (Å²) in [4.78, 5) is 36.4. The maximum absolute atomic E-state index is 12.5. The lowest BCUT2D eigenvalue weighted by atomic mass is 9.45. The van der Waals surface area contributed by atoms with Crippen LogP contribution in [0.1, 0.15) is 44.0 Å². The molecule has 3 amide bonds. The van der Waals surface area contributed by atoms with Crippen molar-refractivity contribution in [3.05, 3.63) is 54.1 Å². The summed E-state index contributed by atoms with van der Waals surface area (Å²) < 4.78 is 0. The summed E-state index contributed by atoms with van der Waals surface area (Å²) in [5, 5.41) is 17.7. The van der Waals surface area contributed by atoms with Crippen molar-refractivity contribution in [1.29, 1.82) is 0 Å². The Hall–Kier alpha value is -3.27. The molecular weight excluding hydrogens is 470 g/mol. The van der Waals surface area contributed by atoms with Gasteiger partial charge < -0.3 is 21.7 Å². The van der Waals surface area contributed by atoms with Crippen LogP contribution in [0.4, 0.5) is 5.69 Å². The Morgan fingerprint density at radius 2 is 1.65 bits per heavy atom. The Morgan fingerprint density at radius 1 is 1.03 bits per heavy atom. The van der Waals surface area contributed by atoms with Crippen LogP contribution in [0.5, 0.6) is 0 Å². The second-order valence-corrected chi connectivity index (χ2v) is 10.9. The second kappa shape index (κ2) is 11.0. The molecule has 7 N–H and O–H groups in total. The second-order valence-electron chi connectivity index (χ2n) is 10.9. The Kier molecular flexibility index (Phi) is 7.96. The van der Waals surface area contributed by atoms with E-state index in [1.165, 1.54) is 11.9 Å². The quantitative estimate of drug-likeness (QED) is 0.227. The van der Waals surface area contributed by atoms with Gasteiger partial charge >= 0.3 is 0 Å². The number of fused-ring (bicyclic) bond motifs is 2. The molecule has 0 radical (unpaired) electrons. The molecule has 0 heterocycles. The Morgan fingerprint density at radius 3 is 2.19 bits per heavy atom. The van der Waals surface area contributed by atoms with Crippen LogP contribution < -0.4 is 27.2 Å². The SMILES string of the molecule is C[C@@H]1[C@@H](NCC(=O)Nc2ccc(-c3ccc(C(=O)N[C@@H](CN)C(=O)NO)cc3)cc2)CC2C[C@@H]1C2(C)C. The lowest BCUT2D eigenvalue weighted by Crippen LogP contribution is -2.60. The number of nitrogens with two attached hydrogens (primary N) is 1. The van der Waals surface area contributed by atoms with Gasteiger partial charge in [0.2, 0.25) is 5.91 Å². The minimum Gasteiger partial charge on any atom is -0.339 e. The zero-order valence-corrected chi connectivity index (χ0v) is 21.6. The summed E-state index contributed by atoms with van der Waals surface area (Å²) >= 11 is 0. The average Bonchev–Trinajstić information content (AvgIpc) is 2.90. The van der Waals surface area contributed by atoms with Crippen molar-refractivity contribution in [3.63, 3.8) is 0 Å². The molecule has 9 nitrogen and oxygen atoms in total. The van der Waals surface area contributed by atoms with Crippen molar-refractivity contribution >= 4 is 23.4 Å². The zero-order chi connectivity index (χ0) is 26.7. The fourth-order valence-corrected chi connectivity index (χ4v) is 5.96. The van der Waals surface area contributed by atoms with Crippen molar-refractivity contribution in [2.24, 2.45) is 28.9 Å². The smallest absolute Gasteiger partial charge is 0.267 e. The van der Waals surface area contributed by atoms with Crippen LogP contribution in [-0.4, -0.2) is 48.1 Å². The number of anilines is 1. The highest BCUT2D eigenvalue weighted by Crippen LogP contribution is 2.61. The minimum absolute atomic E-state index is 0.0560. The van der Waals surface area contributed by atoms with Gasteiger partial charge in [-0.15, -0.1) is 0 Å². The van der Waals surface area contributed by atoms with E-state index >= 15 is 0 Å². The first-order valence-electron chi connectivity index (χ1n) is 12.8. The van der Waals surface area contributed by atoms with Crippen LogP contribution in [0.3, 0.4) is 0 Å². The molecule has 0 spiro atoms. The van der Waals surface area contributed by atoms with E-state index in [0.29, 0.717) is 29.5 Å². The highest BCUT2D eigenvalue weighted by atomic mass is 16.5. The number of amides is 3. The van der Waals surface area contributed by atoms with Crippen LogP contribution >= 0.6 is 0 Å². The molecule has 198 valence electrons. The molecule has 0 aromatic heterocycles. The molecule has 3 fully saturated rings. The number of hydrogen-bond donors (Lipinski definition) is 6. The first-order valence-corrected chi connectivity index (χ1v) is 12.8. The van der Waals surface area contributed by atoms with Gasteiger partial charge in [0.05, 0.1) is 6.54 Å². The molecule has 37 heavy (non-hydrogen) atoms. The highest BCUT2D eigenvalue weighted by molar-refractivity contribution is 5.98. The number of hydrogen-bond acceptors (Lipinski definition) is 6.